The number of rotatable bonds is 7. The highest BCUT2D eigenvalue weighted by molar-refractivity contribution is 5.78. The quantitative estimate of drug-likeness (QED) is 0.628. The Morgan fingerprint density at radius 3 is 2.27 bits per heavy atom. The molecule has 0 saturated heterocycles. The fourth-order valence-electron chi connectivity index (χ4n) is 3.28. The van der Waals surface area contributed by atoms with Gasteiger partial charge in [-0.05, 0) is 42.3 Å². The van der Waals surface area contributed by atoms with Crippen molar-refractivity contribution < 1.29 is 23.7 Å². The lowest BCUT2D eigenvalue weighted by Crippen LogP contribution is -2.27. The van der Waals surface area contributed by atoms with Crippen molar-refractivity contribution in [3.8, 4) is 34.3 Å². The maximum Gasteiger partial charge on any atom is 0.414 e. The molecule has 1 aromatic heterocycles. The van der Waals surface area contributed by atoms with Gasteiger partial charge in [-0.1, -0.05) is 12.1 Å². The van der Waals surface area contributed by atoms with E-state index < -0.39 is 6.09 Å². The Bertz CT molecular complexity index is 1020. The van der Waals surface area contributed by atoms with Crippen molar-refractivity contribution in [1.29, 1.82) is 0 Å². The molecule has 0 unspecified atom stereocenters. The molecule has 1 N–H and O–H groups in total. The second kappa shape index (κ2) is 9.26. The molecule has 1 amide bonds. The molecule has 2 aromatic carbocycles. The highest BCUT2D eigenvalue weighted by Crippen LogP contribution is 2.35. The summed E-state index contributed by atoms with van der Waals surface area (Å²) in [6.45, 7) is 2.24. The van der Waals surface area contributed by atoms with Gasteiger partial charge in [-0.2, -0.15) is 0 Å². The van der Waals surface area contributed by atoms with E-state index in [0.29, 0.717) is 17.4 Å². The van der Waals surface area contributed by atoms with E-state index in [1.165, 1.54) is 0 Å². The van der Waals surface area contributed by atoms with Crippen LogP contribution in [-0.4, -0.2) is 32.0 Å². The van der Waals surface area contributed by atoms with E-state index in [4.69, 9.17) is 18.9 Å². The van der Waals surface area contributed by atoms with Crippen molar-refractivity contribution in [2.45, 2.75) is 13.5 Å². The van der Waals surface area contributed by atoms with Gasteiger partial charge in [0, 0.05) is 37.0 Å². The van der Waals surface area contributed by atoms with Crippen LogP contribution in [0.15, 0.2) is 48.7 Å². The van der Waals surface area contributed by atoms with Crippen LogP contribution in [-0.2, 0) is 13.6 Å². The zero-order chi connectivity index (χ0) is 21.7. The molecular formula is C23H26N2O5. The third kappa shape index (κ3) is 4.51. The molecule has 0 bridgehead atoms. The summed E-state index contributed by atoms with van der Waals surface area (Å²) in [7, 11) is 6.63. The molecule has 3 rings (SSSR count). The number of benzene rings is 2. The molecule has 0 aliphatic heterocycles. The molecule has 0 spiro atoms. The summed E-state index contributed by atoms with van der Waals surface area (Å²) in [4.78, 5) is 12.5. The van der Waals surface area contributed by atoms with Gasteiger partial charge >= 0.3 is 6.09 Å². The lowest BCUT2D eigenvalue weighted by molar-refractivity contribution is 0.196. The fourth-order valence-corrected chi connectivity index (χ4v) is 3.28. The second-order valence-electron chi connectivity index (χ2n) is 6.75. The minimum Gasteiger partial charge on any atom is -0.497 e. The number of hydrogen-bond donors (Lipinski definition) is 1. The largest absolute Gasteiger partial charge is 0.497 e. The average molecular weight is 410 g/mol. The molecule has 0 radical (unpaired) electrons. The maximum absolute atomic E-state index is 12.5. The summed E-state index contributed by atoms with van der Waals surface area (Å²) >= 11 is 0. The number of nitrogens with zero attached hydrogens (tertiary/aromatic N) is 1. The molecule has 158 valence electrons. The van der Waals surface area contributed by atoms with Crippen LogP contribution in [0.4, 0.5) is 4.79 Å². The van der Waals surface area contributed by atoms with Gasteiger partial charge in [0.2, 0.25) is 5.88 Å². The first kappa shape index (κ1) is 21.1. The summed E-state index contributed by atoms with van der Waals surface area (Å²) in [5, 5.41) is 2.78. The van der Waals surface area contributed by atoms with Crippen LogP contribution in [0.5, 0.6) is 23.1 Å². The Morgan fingerprint density at radius 1 is 0.967 bits per heavy atom. The molecule has 0 aliphatic rings. The van der Waals surface area contributed by atoms with Crippen LogP contribution >= 0.6 is 0 Å². The second-order valence-corrected chi connectivity index (χ2v) is 6.75. The normalized spacial score (nSPS) is 10.4. The van der Waals surface area contributed by atoms with Gasteiger partial charge in [0.15, 0.2) is 0 Å². The first-order valence-electron chi connectivity index (χ1n) is 9.43. The van der Waals surface area contributed by atoms with E-state index in [2.05, 4.69) is 5.32 Å². The standard InChI is InChI=1S/C23H26N2O5/c1-15-14-25(2)22(21(15)16-6-9-18(27-3)10-7-16)30-23(26)24-13-17-8-11-19(28-4)12-20(17)29-5/h6-12,14H,13H2,1-5H3,(H,24,26). The third-order valence-corrected chi connectivity index (χ3v) is 4.80. The SMILES string of the molecule is COc1ccc(-c2c(C)cn(C)c2OC(=O)NCc2ccc(OC)cc2OC)cc1. The predicted molar refractivity (Wildman–Crippen MR) is 115 cm³/mol. The van der Waals surface area contributed by atoms with Gasteiger partial charge in [-0.25, -0.2) is 4.79 Å². The monoisotopic (exact) mass is 410 g/mol. The van der Waals surface area contributed by atoms with E-state index in [1.54, 1.807) is 32.0 Å². The number of methoxy groups -OCH3 is 3. The first-order valence-corrected chi connectivity index (χ1v) is 9.43. The number of carbonyl (C=O) groups is 1. The Hall–Kier alpha value is -3.61. The number of aromatic nitrogens is 1. The van der Waals surface area contributed by atoms with Gasteiger partial charge in [0.25, 0.3) is 0 Å². The predicted octanol–water partition coefficient (Wildman–Crippen LogP) is 4.31. The summed E-state index contributed by atoms with van der Waals surface area (Å²) in [6.07, 6.45) is 1.37. The Labute approximate surface area is 176 Å². The zero-order valence-electron chi connectivity index (χ0n) is 17.8. The van der Waals surface area contributed by atoms with Gasteiger partial charge in [-0.15, -0.1) is 0 Å². The molecule has 0 fully saturated rings. The zero-order valence-corrected chi connectivity index (χ0v) is 17.8. The van der Waals surface area contributed by atoms with Crippen molar-refractivity contribution in [2.75, 3.05) is 21.3 Å². The van der Waals surface area contributed by atoms with Crippen molar-refractivity contribution in [1.82, 2.24) is 9.88 Å². The molecule has 1 heterocycles. The minimum absolute atomic E-state index is 0.257. The topological polar surface area (TPSA) is 71.0 Å². The minimum atomic E-state index is -0.552. The average Bonchev–Trinajstić information content (AvgIpc) is 3.04. The van der Waals surface area contributed by atoms with Gasteiger partial charge < -0.3 is 28.8 Å². The summed E-state index contributed by atoms with van der Waals surface area (Å²) in [6, 6.07) is 13.1. The number of carbonyl (C=O) groups excluding carboxylic acids is 1. The molecule has 30 heavy (non-hydrogen) atoms. The number of amides is 1. The molecule has 0 atom stereocenters. The van der Waals surface area contributed by atoms with Crippen LogP contribution < -0.4 is 24.3 Å². The molecule has 3 aromatic rings. The lowest BCUT2D eigenvalue weighted by Gasteiger charge is -2.13. The van der Waals surface area contributed by atoms with Crippen LogP contribution in [0.1, 0.15) is 11.1 Å². The maximum atomic E-state index is 12.5. The number of ether oxygens (including phenoxy) is 4. The number of aryl methyl sites for hydroxylation is 2. The Morgan fingerprint density at radius 2 is 1.63 bits per heavy atom. The highest BCUT2D eigenvalue weighted by Gasteiger charge is 2.18. The van der Waals surface area contributed by atoms with E-state index in [1.807, 2.05) is 56.6 Å². The van der Waals surface area contributed by atoms with Crippen LogP contribution in [0.3, 0.4) is 0 Å². The molecular weight excluding hydrogens is 384 g/mol. The molecule has 0 saturated carbocycles. The van der Waals surface area contributed by atoms with E-state index in [9.17, 15) is 4.79 Å². The summed E-state index contributed by atoms with van der Waals surface area (Å²) in [5.41, 5.74) is 3.61. The first-order chi connectivity index (χ1) is 14.5. The van der Waals surface area contributed by atoms with Crippen LogP contribution in [0.25, 0.3) is 11.1 Å². The highest BCUT2D eigenvalue weighted by atomic mass is 16.6. The van der Waals surface area contributed by atoms with Crippen molar-refractivity contribution in [3.05, 3.63) is 59.8 Å². The van der Waals surface area contributed by atoms with Gasteiger partial charge in [0.1, 0.15) is 17.2 Å². The number of hydrogen-bond acceptors (Lipinski definition) is 5. The Kier molecular flexibility index (Phi) is 6.51. The van der Waals surface area contributed by atoms with Crippen molar-refractivity contribution >= 4 is 6.09 Å². The van der Waals surface area contributed by atoms with Gasteiger partial charge in [0.05, 0.1) is 21.3 Å². The van der Waals surface area contributed by atoms with Crippen LogP contribution in [0.2, 0.25) is 0 Å². The lowest BCUT2D eigenvalue weighted by atomic mass is 10.0. The van der Waals surface area contributed by atoms with Crippen LogP contribution in [0, 0.1) is 6.92 Å². The van der Waals surface area contributed by atoms with Crippen molar-refractivity contribution in [2.24, 2.45) is 7.05 Å². The molecule has 0 aliphatic carbocycles. The van der Waals surface area contributed by atoms with Gasteiger partial charge in [-0.3, -0.25) is 0 Å². The summed E-state index contributed by atoms with van der Waals surface area (Å²) < 4.78 is 23.3. The van der Waals surface area contributed by atoms with E-state index in [-0.39, 0.29) is 6.54 Å². The molecule has 7 nitrogen and oxygen atoms in total. The number of nitrogens with one attached hydrogen (secondary N) is 1. The Balaban J connectivity index is 1.76. The fraction of sp³-hybridized carbons (Fsp3) is 0.261. The third-order valence-electron chi connectivity index (χ3n) is 4.80. The van der Waals surface area contributed by atoms with E-state index >= 15 is 0 Å². The smallest absolute Gasteiger partial charge is 0.414 e. The summed E-state index contributed by atoms with van der Waals surface area (Å²) in [5.74, 6) is 2.54. The van der Waals surface area contributed by atoms with Crippen molar-refractivity contribution in [3.63, 3.8) is 0 Å². The van der Waals surface area contributed by atoms with E-state index in [0.717, 1.165) is 28.0 Å². The molecule has 7 heteroatoms.